The van der Waals surface area contributed by atoms with E-state index in [0.29, 0.717) is 0 Å². The van der Waals surface area contributed by atoms with Crippen LogP contribution < -0.4 is 10.6 Å². The molecule has 0 aromatic heterocycles. The molecule has 0 aromatic carbocycles. The Balaban J connectivity index is 3.37. The fraction of sp³-hybridized carbons (Fsp3) is 1.00. The second-order valence-electron chi connectivity index (χ2n) is 1.98. The van der Waals surface area contributed by atoms with Crippen LogP contribution in [-0.2, 0) is 0 Å². The van der Waals surface area contributed by atoms with Gasteiger partial charge in [0.2, 0.25) is 0 Å². The predicted octanol–water partition coefficient (Wildman–Crippen LogP) is -1.32. The fourth-order valence-corrected chi connectivity index (χ4v) is 0.908. The van der Waals surface area contributed by atoms with Crippen LogP contribution in [0.3, 0.4) is 0 Å². The van der Waals surface area contributed by atoms with Gasteiger partial charge in [-0.15, -0.1) is 11.6 Å². The molecule has 0 aromatic rings. The van der Waals surface area contributed by atoms with Crippen molar-refractivity contribution in [2.75, 3.05) is 20.6 Å². The Hall–Kier alpha value is 0.427. The Morgan fingerprint density at radius 1 is 1.62 bits per heavy atom. The van der Waals surface area contributed by atoms with E-state index in [2.05, 4.69) is 10.6 Å². The second kappa shape index (κ2) is 3.45. The van der Waals surface area contributed by atoms with Crippen LogP contribution in [0.15, 0.2) is 0 Å². The molecule has 8 heavy (non-hydrogen) atoms. The van der Waals surface area contributed by atoms with Crippen molar-refractivity contribution < 1.29 is 0 Å². The molecule has 0 heterocycles. The maximum atomic E-state index is 5.91. The molecule has 0 fully saturated rings. The highest BCUT2D eigenvalue weighted by atomic mass is 35.5. The van der Waals surface area contributed by atoms with E-state index in [1.807, 2.05) is 14.1 Å². The van der Waals surface area contributed by atoms with Crippen LogP contribution in [0.1, 0.15) is 0 Å². The maximum absolute atomic E-state index is 5.91. The number of hydrogen-bond acceptors (Lipinski definition) is 2. The zero-order valence-corrected chi connectivity index (χ0v) is 8.34. The van der Waals surface area contributed by atoms with Crippen molar-refractivity contribution >= 4 is 21.8 Å². The predicted molar refractivity (Wildman–Crippen MR) is 41.5 cm³/mol. The summed E-state index contributed by atoms with van der Waals surface area (Å²) >= 11 is 5.91. The van der Waals surface area contributed by atoms with E-state index in [4.69, 9.17) is 11.6 Å². The molecule has 0 bridgehead atoms. The normalized spacial score (nSPS) is 18.4. The highest BCUT2D eigenvalue weighted by Gasteiger charge is 2.14. The van der Waals surface area contributed by atoms with E-state index in [-0.39, 0.29) is 4.62 Å². The molecule has 0 aliphatic rings. The zero-order valence-electron chi connectivity index (χ0n) is 5.59. The van der Waals surface area contributed by atoms with Gasteiger partial charge in [0.05, 0.1) is 4.62 Å². The van der Waals surface area contributed by atoms with Gasteiger partial charge < -0.3 is 10.6 Å². The molecule has 2 N–H and O–H groups in total. The van der Waals surface area contributed by atoms with E-state index in [9.17, 15) is 0 Å². The first kappa shape index (κ1) is 8.43. The monoisotopic (exact) mass is 152 g/mol. The maximum Gasteiger partial charge on any atom is 0.0844 e. The van der Waals surface area contributed by atoms with Crippen LogP contribution in [0.5, 0.6) is 0 Å². The van der Waals surface area contributed by atoms with Crippen LogP contribution in [-0.4, -0.2) is 35.5 Å². The molecule has 1 unspecified atom stereocenters. The Labute approximate surface area is 58.4 Å². The minimum atomic E-state index is -0.158. The topological polar surface area (TPSA) is 24.1 Å². The number of rotatable bonds is 3. The van der Waals surface area contributed by atoms with E-state index >= 15 is 0 Å². The van der Waals surface area contributed by atoms with Crippen LogP contribution in [0.4, 0.5) is 0 Å². The lowest BCUT2D eigenvalue weighted by atomic mass is 10.6. The minimum absolute atomic E-state index is 0.158. The summed E-state index contributed by atoms with van der Waals surface area (Å²) in [6, 6.07) is 0. The quantitative estimate of drug-likeness (QED) is 0.298. The lowest BCUT2D eigenvalue weighted by Crippen LogP contribution is -2.45. The Morgan fingerprint density at radius 3 is 2.25 bits per heavy atom. The highest BCUT2D eigenvalue weighted by molar-refractivity contribution is 6.44. The molecule has 4 heteroatoms. The minimum Gasteiger partial charge on any atom is -0.317 e. The summed E-state index contributed by atoms with van der Waals surface area (Å²) in [5.74, 6) is 0. The summed E-state index contributed by atoms with van der Waals surface area (Å²) in [7, 11) is 4.72. The van der Waals surface area contributed by atoms with Crippen molar-refractivity contribution in [1.29, 1.82) is 0 Å². The van der Waals surface area contributed by atoms with Crippen molar-refractivity contribution in [2.24, 2.45) is 0 Å². The standard InChI is InChI=1S/C4H13ClN2Si/c1-6-3-4(5,8)7-2/h6-7H,3H2,1-2,8H3. The number of halogens is 1. The molecule has 0 saturated heterocycles. The van der Waals surface area contributed by atoms with Crippen molar-refractivity contribution in [3.05, 3.63) is 0 Å². The molecule has 50 valence electrons. The summed E-state index contributed by atoms with van der Waals surface area (Å²) in [6.07, 6.45) is 0. The number of hydrogen-bond donors (Lipinski definition) is 2. The summed E-state index contributed by atoms with van der Waals surface area (Å²) < 4.78 is -0.158. The van der Waals surface area contributed by atoms with Crippen LogP contribution in [0.2, 0.25) is 0 Å². The van der Waals surface area contributed by atoms with Gasteiger partial charge in [0.25, 0.3) is 0 Å². The Bertz CT molecular complexity index is 67.1. The van der Waals surface area contributed by atoms with Gasteiger partial charge in [0.15, 0.2) is 0 Å². The first-order valence-corrected chi connectivity index (χ1v) is 4.02. The van der Waals surface area contributed by atoms with Crippen LogP contribution >= 0.6 is 11.6 Å². The SMILES string of the molecule is CNCC([SiH3])(Cl)NC. The van der Waals surface area contributed by atoms with Crippen molar-refractivity contribution in [2.45, 2.75) is 4.62 Å². The molecule has 0 saturated carbocycles. The molecule has 0 rings (SSSR count). The van der Waals surface area contributed by atoms with Crippen LogP contribution in [0, 0.1) is 0 Å². The molecule has 0 radical (unpaired) electrons. The van der Waals surface area contributed by atoms with Crippen molar-refractivity contribution in [3.8, 4) is 0 Å². The van der Waals surface area contributed by atoms with Gasteiger partial charge >= 0.3 is 0 Å². The molecule has 0 spiro atoms. The number of alkyl halides is 1. The van der Waals surface area contributed by atoms with Gasteiger partial charge in [-0.05, 0) is 14.1 Å². The van der Waals surface area contributed by atoms with Gasteiger partial charge in [-0.25, -0.2) is 0 Å². The Kier molecular flexibility index (Phi) is 3.64. The van der Waals surface area contributed by atoms with Gasteiger partial charge in [-0.1, -0.05) is 0 Å². The molecule has 0 aliphatic carbocycles. The molecule has 0 amide bonds. The third-order valence-electron chi connectivity index (χ3n) is 1.03. The van der Waals surface area contributed by atoms with E-state index in [0.717, 1.165) is 16.8 Å². The average molecular weight is 153 g/mol. The van der Waals surface area contributed by atoms with Crippen LogP contribution in [0.25, 0.3) is 0 Å². The van der Waals surface area contributed by atoms with E-state index in [1.54, 1.807) is 0 Å². The van der Waals surface area contributed by atoms with Gasteiger partial charge in [-0.3, -0.25) is 0 Å². The third-order valence-corrected chi connectivity index (χ3v) is 2.21. The van der Waals surface area contributed by atoms with Gasteiger partial charge in [0.1, 0.15) is 0 Å². The summed E-state index contributed by atoms with van der Waals surface area (Å²) in [6.45, 7) is 0.831. The lowest BCUT2D eigenvalue weighted by Gasteiger charge is -2.20. The lowest BCUT2D eigenvalue weighted by molar-refractivity contribution is 0.614. The number of nitrogens with one attached hydrogen (secondary N) is 2. The van der Waals surface area contributed by atoms with E-state index in [1.165, 1.54) is 0 Å². The van der Waals surface area contributed by atoms with Crippen molar-refractivity contribution in [3.63, 3.8) is 0 Å². The molecular formula is C4H13ClN2Si. The van der Waals surface area contributed by atoms with E-state index < -0.39 is 0 Å². The highest BCUT2D eigenvalue weighted by Crippen LogP contribution is 2.00. The average Bonchev–Trinajstić information content (AvgIpc) is 1.67. The summed E-state index contributed by atoms with van der Waals surface area (Å²) in [5, 5.41) is 6.01. The Morgan fingerprint density at radius 2 is 2.12 bits per heavy atom. The smallest absolute Gasteiger partial charge is 0.0844 e. The fourth-order valence-electron chi connectivity index (χ4n) is 0.420. The van der Waals surface area contributed by atoms with Gasteiger partial charge in [-0.2, -0.15) is 0 Å². The molecule has 1 atom stereocenters. The van der Waals surface area contributed by atoms with Crippen molar-refractivity contribution in [1.82, 2.24) is 10.6 Å². The summed E-state index contributed by atoms with van der Waals surface area (Å²) in [4.78, 5) is 0. The van der Waals surface area contributed by atoms with Gasteiger partial charge in [0, 0.05) is 16.8 Å². The second-order valence-corrected chi connectivity index (χ2v) is 5.15. The third kappa shape index (κ3) is 3.43. The summed E-state index contributed by atoms with van der Waals surface area (Å²) in [5.41, 5.74) is 0. The molecular weight excluding hydrogens is 140 g/mol. The zero-order chi connectivity index (χ0) is 6.62. The molecule has 2 nitrogen and oxygen atoms in total. The first-order chi connectivity index (χ1) is 3.62. The number of likely N-dealkylation sites (N-methyl/N-ethyl adjacent to an activating group) is 2. The molecule has 0 aliphatic heterocycles. The largest absolute Gasteiger partial charge is 0.317 e. The first-order valence-electron chi connectivity index (χ1n) is 2.65.